The average molecular weight is 328 g/mol. The number of nitro benzene ring substituents is 1. The zero-order valence-corrected chi connectivity index (χ0v) is 13.9. The van der Waals surface area contributed by atoms with Crippen molar-refractivity contribution in [2.45, 2.75) is 20.8 Å². The molecule has 2 rings (SSSR count). The van der Waals surface area contributed by atoms with E-state index in [1.165, 1.54) is 12.1 Å². The lowest BCUT2D eigenvalue weighted by Gasteiger charge is -2.10. The third-order valence-corrected chi connectivity index (χ3v) is 3.30. The minimum Gasteiger partial charge on any atom is -0.493 e. The normalized spacial score (nSPS) is 10.5. The Morgan fingerprint density at radius 1 is 1.21 bits per heavy atom. The van der Waals surface area contributed by atoms with Crippen LogP contribution in [0.4, 0.5) is 11.4 Å². The first-order valence-electron chi connectivity index (χ1n) is 7.66. The number of nitrogens with one attached hydrogen (secondary N) is 1. The third kappa shape index (κ3) is 4.55. The lowest BCUT2D eigenvalue weighted by molar-refractivity contribution is -0.384. The Kier molecular flexibility index (Phi) is 5.52. The summed E-state index contributed by atoms with van der Waals surface area (Å²) < 4.78 is 5.56. The highest BCUT2D eigenvalue weighted by Gasteiger charge is 2.16. The van der Waals surface area contributed by atoms with Gasteiger partial charge in [0.15, 0.2) is 0 Å². The molecule has 126 valence electrons. The summed E-state index contributed by atoms with van der Waals surface area (Å²) in [7, 11) is 0. The molecule has 1 N–H and O–H groups in total. The summed E-state index contributed by atoms with van der Waals surface area (Å²) in [6.45, 7) is 6.46. The molecule has 0 fully saturated rings. The highest BCUT2D eigenvalue weighted by molar-refractivity contribution is 6.05. The molecule has 0 aliphatic carbocycles. The number of amides is 1. The van der Waals surface area contributed by atoms with Gasteiger partial charge in [-0.25, -0.2) is 0 Å². The maximum Gasteiger partial charge on any atom is 0.293 e. The molecule has 24 heavy (non-hydrogen) atoms. The molecule has 0 radical (unpaired) electrons. The van der Waals surface area contributed by atoms with E-state index in [-0.39, 0.29) is 11.4 Å². The van der Waals surface area contributed by atoms with Gasteiger partial charge in [0.1, 0.15) is 11.4 Å². The summed E-state index contributed by atoms with van der Waals surface area (Å²) in [6.07, 6.45) is 0. The minimum absolute atomic E-state index is 0.125. The predicted octanol–water partition coefficient (Wildman–Crippen LogP) is 4.19. The van der Waals surface area contributed by atoms with E-state index in [2.05, 4.69) is 19.2 Å². The van der Waals surface area contributed by atoms with Gasteiger partial charge in [-0.15, -0.1) is 0 Å². The number of anilines is 1. The topological polar surface area (TPSA) is 81.5 Å². The van der Waals surface area contributed by atoms with Crippen LogP contribution in [0.1, 0.15) is 29.8 Å². The van der Waals surface area contributed by atoms with Crippen LogP contribution in [0.15, 0.2) is 42.5 Å². The Morgan fingerprint density at radius 2 is 1.88 bits per heavy atom. The van der Waals surface area contributed by atoms with E-state index in [0.717, 1.165) is 5.56 Å². The molecule has 0 aromatic heterocycles. The average Bonchev–Trinajstić information content (AvgIpc) is 2.54. The Hall–Kier alpha value is -2.89. The van der Waals surface area contributed by atoms with Crippen molar-refractivity contribution >= 4 is 17.3 Å². The summed E-state index contributed by atoms with van der Waals surface area (Å²) in [5.74, 6) is 0.689. The summed E-state index contributed by atoms with van der Waals surface area (Å²) in [5, 5.41) is 13.7. The van der Waals surface area contributed by atoms with Crippen molar-refractivity contribution in [2.75, 3.05) is 11.9 Å². The molecule has 2 aromatic carbocycles. The fourth-order valence-electron chi connectivity index (χ4n) is 2.06. The molecule has 6 heteroatoms. The van der Waals surface area contributed by atoms with Gasteiger partial charge >= 0.3 is 0 Å². The van der Waals surface area contributed by atoms with E-state index in [1.807, 2.05) is 0 Å². The number of nitrogens with zero attached hydrogens (tertiary/aromatic N) is 1. The van der Waals surface area contributed by atoms with Crippen molar-refractivity contribution in [3.05, 3.63) is 63.7 Å². The molecule has 6 nitrogen and oxygen atoms in total. The zero-order chi connectivity index (χ0) is 17.7. The molecule has 2 aromatic rings. The Bertz CT molecular complexity index is 739. The third-order valence-electron chi connectivity index (χ3n) is 3.30. The largest absolute Gasteiger partial charge is 0.493 e. The van der Waals surface area contributed by atoms with Gasteiger partial charge in [0.05, 0.1) is 11.5 Å². The molecule has 0 saturated heterocycles. The first-order chi connectivity index (χ1) is 11.4. The standard InChI is InChI=1S/C18H20N2O4/c1-12(2)11-24-15-7-5-14(6-8-15)18(21)19-16-9-4-13(3)10-17(16)20(22)23/h4-10,12H,11H2,1-3H3,(H,19,21). The van der Waals surface area contributed by atoms with E-state index < -0.39 is 10.8 Å². The van der Waals surface area contributed by atoms with E-state index in [9.17, 15) is 14.9 Å². The molecule has 1 amide bonds. The van der Waals surface area contributed by atoms with Gasteiger partial charge in [0.2, 0.25) is 0 Å². The van der Waals surface area contributed by atoms with Crippen molar-refractivity contribution in [3.8, 4) is 5.75 Å². The molecule has 0 bridgehead atoms. The van der Waals surface area contributed by atoms with E-state index in [4.69, 9.17) is 4.74 Å². The molecule has 0 aliphatic heterocycles. The fraction of sp³-hybridized carbons (Fsp3) is 0.278. The highest BCUT2D eigenvalue weighted by atomic mass is 16.6. The van der Waals surface area contributed by atoms with Crippen LogP contribution in [0.5, 0.6) is 5.75 Å². The van der Waals surface area contributed by atoms with Crippen LogP contribution in [-0.4, -0.2) is 17.4 Å². The van der Waals surface area contributed by atoms with Crippen LogP contribution in [0, 0.1) is 23.0 Å². The minimum atomic E-state index is -0.508. The molecule has 0 aliphatic rings. The predicted molar refractivity (Wildman–Crippen MR) is 92.6 cm³/mol. The number of aryl methyl sites for hydroxylation is 1. The highest BCUT2D eigenvalue weighted by Crippen LogP contribution is 2.26. The van der Waals surface area contributed by atoms with Crippen LogP contribution >= 0.6 is 0 Å². The van der Waals surface area contributed by atoms with Crippen molar-refractivity contribution in [3.63, 3.8) is 0 Å². The number of carbonyl (C=O) groups excluding carboxylic acids is 1. The van der Waals surface area contributed by atoms with Crippen molar-refractivity contribution in [2.24, 2.45) is 5.92 Å². The fourth-order valence-corrected chi connectivity index (χ4v) is 2.06. The van der Waals surface area contributed by atoms with E-state index in [1.54, 1.807) is 37.3 Å². The SMILES string of the molecule is Cc1ccc(NC(=O)c2ccc(OCC(C)C)cc2)c([N+](=O)[O-])c1. The van der Waals surface area contributed by atoms with Crippen LogP contribution in [0.2, 0.25) is 0 Å². The first kappa shape index (κ1) is 17.5. The number of benzene rings is 2. The summed E-state index contributed by atoms with van der Waals surface area (Å²) in [6, 6.07) is 11.4. The molecular formula is C18H20N2O4. The quantitative estimate of drug-likeness (QED) is 0.637. The number of hydrogen-bond donors (Lipinski definition) is 1. The van der Waals surface area contributed by atoms with E-state index in [0.29, 0.717) is 23.8 Å². The molecule has 0 atom stereocenters. The van der Waals surface area contributed by atoms with Gasteiger partial charge < -0.3 is 10.1 Å². The number of nitro groups is 1. The van der Waals surface area contributed by atoms with Gasteiger partial charge in [-0.1, -0.05) is 19.9 Å². The second-order valence-corrected chi connectivity index (χ2v) is 5.96. The summed E-state index contributed by atoms with van der Waals surface area (Å²) >= 11 is 0. The smallest absolute Gasteiger partial charge is 0.293 e. The first-order valence-corrected chi connectivity index (χ1v) is 7.66. The maximum absolute atomic E-state index is 12.3. The van der Waals surface area contributed by atoms with Gasteiger partial charge in [0, 0.05) is 11.6 Å². The molecule has 0 spiro atoms. The Balaban J connectivity index is 2.11. The summed E-state index contributed by atoms with van der Waals surface area (Å²) in [5.41, 5.74) is 1.21. The van der Waals surface area contributed by atoms with Crippen molar-refractivity contribution in [1.82, 2.24) is 0 Å². The zero-order valence-electron chi connectivity index (χ0n) is 13.9. The lowest BCUT2D eigenvalue weighted by atomic mass is 10.1. The van der Waals surface area contributed by atoms with Crippen LogP contribution < -0.4 is 10.1 Å². The van der Waals surface area contributed by atoms with Gasteiger partial charge in [0.25, 0.3) is 11.6 Å². The Labute approximate surface area is 140 Å². The molecule has 0 heterocycles. The van der Waals surface area contributed by atoms with Crippen LogP contribution in [0.3, 0.4) is 0 Å². The van der Waals surface area contributed by atoms with Gasteiger partial charge in [-0.2, -0.15) is 0 Å². The monoisotopic (exact) mass is 328 g/mol. The molecular weight excluding hydrogens is 308 g/mol. The number of carbonyl (C=O) groups is 1. The number of ether oxygens (including phenoxy) is 1. The molecule has 0 unspecified atom stereocenters. The Morgan fingerprint density at radius 3 is 2.46 bits per heavy atom. The van der Waals surface area contributed by atoms with Crippen molar-refractivity contribution < 1.29 is 14.5 Å². The second kappa shape index (κ2) is 7.59. The maximum atomic E-state index is 12.3. The number of rotatable bonds is 6. The number of hydrogen-bond acceptors (Lipinski definition) is 4. The van der Waals surface area contributed by atoms with Crippen LogP contribution in [-0.2, 0) is 0 Å². The second-order valence-electron chi connectivity index (χ2n) is 5.96. The molecule has 0 saturated carbocycles. The summed E-state index contributed by atoms with van der Waals surface area (Å²) in [4.78, 5) is 22.9. The van der Waals surface area contributed by atoms with Gasteiger partial charge in [-0.3, -0.25) is 14.9 Å². The lowest BCUT2D eigenvalue weighted by Crippen LogP contribution is -2.13. The van der Waals surface area contributed by atoms with E-state index >= 15 is 0 Å². The van der Waals surface area contributed by atoms with Crippen molar-refractivity contribution in [1.29, 1.82) is 0 Å². The van der Waals surface area contributed by atoms with Gasteiger partial charge in [-0.05, 0) is 48.7 Å². The van der Waals surface area contributed by atoms with Crippen LogP contribution in [0.25, 0.3) is 0 Å².